The Kier molecular flexibility index (Phi) is 6.31. The largest absolute Gasteiger partial charge is 0.494 e. The van der Waals surface area contributed by atoms with Crippen molar-refractivity contribution in [2.45, 2.75) is 0 Å². The van der Waals surface area contributed by atoms with Gasteiger partial charge in [0, 0.05) is 17.5 Å². The van der Waals surface area contributed by atoms with Crippen molar-refractivity contribution in [1.29, 1.82) is 0 Å². The van der Waals surface area contributed by atoms with E-state index in [9.17, 15) is 4.79 Å². The molecule has 0 unspecified atom stereocenters. The molecule has 156 valence electrons. The van der Waals surface area contributed by atoms with Crippen LogP contribution in [0.1, 0.15) is 10.5 Å². The highest BCUT2D eigenvalue weighted by Gasteiger charge is 2.15. The lowest BCUT2D eigenvalue weighted by molar-refractivity contribution is 0.0594. The molecule has 0 amide bonds. The molecule has 0 aliphatic carbocycles. The lowest BCUT2D eigenvalue weighted by Crippen LogP contribution is -2.04. The monoisotopic (exact) mass is 411 g/mol. The van der Waals surface area contributed by atoms with Gasteiger partial charge in [0.05, 0.1) is 46.9 Å². The Balaban J connectivity index is 2.08. The van der Waals surface area contributed by atoms with Gasteiger partial charge in [0.1, 0.15) is 17.0 Å². The van der Waals surface area contributed by atoms with Crippen LogP contribution < -0.4 is 18.9 Å². The van der Waals surface area contributed by atoms with Crippen LogP contribution in [0.3, 0.4) is 0 Å². The zero-order valence-electron chi connectivity index (χ0n) is 17.3. The highest BCUT2D eigenvalue weighted by Crippen LogP contribution is 2.41. The first kappa shape index (κ1) is 20.8. The Morgan fingerprint density at radius 3 is 2.03 bits per heavy atom. The fourth-order valence-corrected chi connectivity index (χ4v) is 2.88. The van der Waals surface area contributed by atoms with Gasteiger partial charge in [0.25, 0.3) is 0 Å². The normalized spacial score (nSPS) is 10.8. The highest BCUT2D eigenvalue weighted by atomic mass is 16.5. The fraction of sp³-hybridized carbons (Fsp3) is 0.238. The maximum Gasteiger partial charge on any atom is 0.356 e. The predicted octanol–water partition coefficient (Wildman–Crippen LogP) is 4.47. The summed E-state index contributed by atoms with van der Waals surface area (Å²) in [4.78, 5) is 16.2. The molecule has 0 saturated heterocycles. The number of methoxy groups -OCH3 is 5. The van der Waals surface area contributed by atoms with Crippen LogP contribution in [0.25, 0.3) is 10.9 Å². The highest BCUT2D eigenvalue weighted by molar-refractivity contribution is 5.97. The molecule has 0 saturated carbocycles. The second kappa shape index (κ2) is 9.08. The maximum atomic E-state index is 11.8. The number of hydrogen-bond acceptors (Lipinski definition) is 9. The molecule has 0 aliphatic rings. The van der Waals surface area contributed by atoms with Crippen molar-refractivity contribution in [3.8, 4) is 23.0 Å². The number of hydrogen-bond donors (Lipinski definition) is 0. The number of fused-ring (bicyclic) bond motifs is 1. The van der Waals surface area contributed by atoms with Gasteiger partial charge < -0.3 is 23.7 Å². The second-order valence-corrected chi connectivity index (χ2v) is 5.95. The van der Waals surface area contributed by atoms with E-state index in [1.54, 1.807) is 36.4 Å². The molecule has 9 nitrogen and oxygen atoms in total. The third kappa shape index (κ3) is 3.95. The zero-order valence-corrected chi connectivity index (χ0v) is 17.3. The van der Waals surface area contributed by atoms with Crippen molar-refractivity contribution in [2.75, 3.05) is 35.5 Å². The summed E-state index contributed by atoms with van der Waals surface area (Å²) in [7, 11) is 7.41. The molecular formula is C21H21N3O6. The number of carbonyl (C=O) groups is 1. The van der Waals surface area contributed by atoms with Crippen molar-refractivity contribution in [3.05, 3.63) is 42.1 Å². The van der Waals surface area contributed by atoms with Gasteiger partial charge in [-0.05, 0) is 24.3 Å². The molecule has 0 spiro atoms. The van der Waals surface area contributed by atoms with E-state index in [0.29, 0.717) is 45.3 Å². The summed E-state index contributed by atoms with van der Waals surface area (Å²) in [6.45, 7) is 0. The molecular weight excluding hydrogens is 390 g/mol. The summed E-state index contributed by atoms with van der Waals surface area (Å²) < 4.78 is 26.1. The molecule has 0 radical (unpaired) electrons. The van der Waals surface area contributed by atoms with E-state index in [1.165, 1.54) is 35.5 Å². The first-order valence-corrected chi connectivity index (χ1v) is 8.84. The minimum atomic E-state index is -0.539. The topological polar surface area (TPSA) is 101 Å². The van der Waals surface area contributed by atoms with Crippen LogP contribution in [0.4, 0.5) is 11.4 Å². The number of ether oxygens (including phenoxy) is 5. The van der Waals surface area contributed by atoms with E-state index >= 15 is 0 Å². The lowest BCUT2D eigenvalue weighted by atomic mass is 10.1. The molecule has 3 rings (SSSR count). The summed E-state index contributed by atoms with van der Waals surface area (Å²) in [6, 6.07) is 10.1. The van der Waals surface area contributed by atoms with Crippen LogP contribution >= 0.6 is 0 Å². The van der Waals surface area contributed by atoms with Gasteiger partial charge >= 0.3 is 5.97 Å². The number of esters is 1. The standard InChI is InChI=1S/C21H21N3O6/c1-26-16-9-8-14(13-6-7-15(21(25)30-5)22-19(13)16)24-23-12-10-17(27-2)20(29-4)18(11-12)28-3/h6-11H,1-5H3. The van der Waals surface area contributed by atoms with Gasteiger partial charge in [-0.15, -0.1) is 5.11 Å². The number of rotatable bonds is 7. The Hall–Kier alpha value is -3.88. The lowest BCUT2D eigenvalue weighted by Gasteiger charge is -2.12. The van der Waals surface area contributed by atoms with Crippen molar-refractivity contribution in [2.24, 2.45) is 10.2 Å². The van der Waals surface area contributed by atoms with Gasteiger partial charge in [-0.2, -0.15) is 5.11 Å². The van der Waals surface area contributed by atoms with E-state index in [4.69, 9.17) is 23.7 Å². The van der Waals surface area contributed by atoms with Crippen LogP contribution in [0.2, 0.25) is 0 Å². The molecule has 2 aromatic carbocycles. The average molecular weight is 411 g/mol. The van der Waals surface area contributed by atoms with E-state index in [2.05, 4.69) is 15.2 Å². The minimum Gasteiger partial charge on any atom is -0.494 e. The van der Waals surface area contributed by atoms with E-state index in [-0.39, 0.29) is 5.69 Å². The van der Waals surface area contributed by atoms with E-state index in [0.717, 1.165) is 0 Å². The Morgan fingerprint density at radius 2 is 1.47 bits per heavy atom. The maximum absolute atomic E-state index is 11.8. The summed E-state index contributed by atoms with van der Waals surface area (Å²) in [6.07, 6.45) is 0. The van der Waals surface area contributed by atoms with Gasteiger partial charge in [-0.3, -0.25) is 0 Å². The van der Waals surface area contributed by atoms with E-state index in [1.807, 2.05) is 0 Å². The van der Waals surface area contributed by atoms with Crippen molar-refractivity contribution < 1.29 is 28.5 Å². The van der Waals surface area contributed by atoms with Crippen molar-refractivity contribution in [3.63, 3.8) is 0 Å². The SMILES string of the molecule is COC(=O)c1ccc2c(N=Nc3cc(OC)c(OC)c(OC)c3)ccc(OC)c2n1. The first-order chi connectivity index (χ1) is 14.6. The number of pyridine rings is 1. The van der Waals surface area contributed by atoms with Gasteiger partial charge in [0.2, 0.25) is 5.75 Å². The zero-order chi connectivity index (χ0) is 21.7. The number of azo groups is 1. The van der Waals surface area contributed by atoms with Crippen molar-refractivity contribution in [1.82, 2.24) is 4.98 Å². The third-order valence-corrected chi connectivity index (χ3v) is 4.33. The molecule has 0 aliphatic heterocycles. The van der Waals surface area contributed by atoms with Crippen LogP contribution in [0.15, 0.2) is 46.6 Å². The molecule has 0 atom stereocenters. The summed E-state index contributed by atoms with van der Waals surface area (Å²) in [5.41, 5.74) is 1.69. The number of carbonyl (C=O) groups excluding carboxylic acids is 1. The summed E-state index contributed by atoms with van der Waals surface area (Å²) in [5.74, 6) is 1.36. The molecule has 0 bridgehead atoms. The van der Waals surface area contributed by atoms with Gasteiger partial charge in [0.15, 0.2) is 11.5 Å². The molecule has 9 heteroatoms. The predicted molar refractivity (Wildman–Crippen MR) is 110 cm³/mol. The molecule has 1 heterocycles. The molecule has 1 aromatic heterocycles. The summed E-state index contributed by atoms with van der Waals surface area (Å²) >= 11 is 0. The average Bonchev–Trinajstić information content (AvgIpc) is 2.80. The Labute approximate surface area is 173 Å². The minimum absolute atomic E-state index is 0.169. The summed E-state index contributed by atoms with van der Waals surface area (Å²) in [5, 5.41) is 9.31. The number of nitrogens with zero attached hydrogens (tertiary/aromatic N) is 3. The third-order valence-electron chi connectivity index (χ3n) is 4.33. The van der Waals surface area contributed by atoms with Crippen molar-refractivity contribution >= 4 is 28.2 Å². The van der Waals surface area contributed by atoms with Crippen LogP contribution in [-0.4, -0.2) is 46.5 Å². The van der Waals surface area contributed by atoms with Gasteiger partial charge in [-0.25, -0.2) is 9.78 Å². The molecule has 0 fully saturated rings. The quantitative estimate of drug-likeness (QED) is 0.417. The molecule has 30 heavy (non-hydrogen) atoms. The van der Waals surface area contributed by atoms with Crippen LogP contribution in [0.5, 0.6) is 23.0 Å². The van der Waals surface area contributed by atoms with E-state index < -0.39 is 5.97 Å². The Morgan fingerprint density at radius 1 is 0.800 bits per heavy atom. The Bertz CT molecular complexity index is 1090. The second-order valence-electron chi connectivity index (χ2n) is 5.95. The first-order valence-electron chi connectivity index (χ1n) is 8.84. The van der Waals surface area contributed by atoms with Gasteiger partial charge in [-0.1, -0.05) is 0 Å². The number of aromatic nitrogens is 1. The smallest absolute Gasteiger partial charge is 0.356 e. The number of benzene rings is 2. The molecule has 0 N–H and O–H groups in total. The fourth-order valence-electron chi connectivity index (χ4n) is 2.88. The van der Waals surface area contributed by atoms with Crippen LogP contribution in [0, 0.1) is 0 Å². The molecule has 3 aromatic rings. The van der Waals surface area contributed by atoms with Crippen LogP contribution in [-0.2, 0) is 4.74 Å².